The van der Waals surface area contributed by atoms with E-state index in [0.29, 0.717) is 41.2 Å². The minimum absolute atomic E-state index is 0.0275. The molecule has 1 heterocycles. The Balaban J connectivity index is 1.21. The lowest BCUT2D eigenvalue weighted by Gasteiger charge is -2.64. The van der Waals surface area contributed by atoms with Crippen molar-refractivity contribution in [1.82, 2.24) is 10.6 Å². The van der Waals surface area contributed by atoms with E-state index in [0.717, 1.165) is 12.8 Å². The molecule has 214 valence electrons. The maximum atomic E-state index is 13.4. The minimum atomic E-state index is -0.895. The zero-order valence-electron chi connectivity index (χ0n) is 24.2. The Hall–Kier alpha value is -2.88. The molecule has 0 unspecified atom stereocenters. The highest BCUT2D eigenvalue weighted by molar-refractivity contribution is 6.48. The van der Waals surface area contributed by atoms with E-state index in [9.17, 15) is 9.59 Å². The topological polar surface area (TPSA) is 112 Å². The third-order valence-electron chi connectivity index (χ3n) is 9.30. The van der Waals surface area contributed by atoms with Crippen LogP contribution < -0.4 is 21.1 Å². The smallest absolute Gasteiger partial charge is 0.457 e. The molecule has 2 bridgehead atoms. The van der Waals surface area contributed by atoms with Crippen molar-refractivity contribution in [2.24, 2.45) is 28.9 Å². The summed E-state index contributed by atoms with van der Waals surface area (Å²) in [4.78, 5) is 26.4. The molecule has 0 radical (unpaired) electrons. The quantitative estimate of drug-likeness (QED) is 0.382. The normalized spacial score (nSPS) is 27.8. The van der Waals surface area contributed by atoms with Gasteiger partial charge in [0.1, 0.15) is 17.5 Å². The summed E-state index contributed by atoms with van der Waals surface area (Å²) in [5.74, 6) is 1.63. The lowest BCUT2D eigenvalue weighted by Crippen LogP contribution is -2.65. The number of nitrogens with one attached hydrogen (secondary N) is 2. The summed E-state index contributed by atoms with van der Waals surface area (Å²) in [6.07, 6.45) is 2.86. The molecular weight excluding hydrogens is 505 g/mol. The highest BCUT2D eigenvalue weighted by Crippen LogP contribution is 2.65. The van der Waals surface area contributed by atoms with Crippen molar-refractivity contribution < 1.29 is 23.6 Å². The number of nitrogens with two attached hydrogens (primary N) is 1. The molecule has 3 aliphatic carbocycles. The van der Waals surface area contributed by atoms with E-state index in [4.69, 9.17) is 19.8 Å². The Labute approximate surface area is 237 Å². The number of rotatable bonds is 10. The maximum absolute atomic E-state index is 13.4. The number of benzene rings is 2. The van der Waals surface area contributed by atoms with Crippen LogP contribution in [0.3, 0.4) is 0 Å². The fourth-order valence-corrected chi connectivity index (χ4v) is 6.87. The number of carbonyl (C=O) groups excluding carboxylic acids is 2. The second-order valence-electron chi connectivity index (χ2n) is 12.8. The van der Waals surface area contributed by atoms with E-state index in [1.54, 1.807) is 24.3 Å². The fourth-order valence-electron chi connectivity index (χ4n) is 6.87. The number of carbonyl (C=O) groups is 2. The molecule has 9 heteroatoms. The maximum Gasteiger partial charge on any atom is 0.481 e. The molecule has 8 nitrogen and oxygen atoms in total. The largest absolute Gasteiger partial charge is 0.481 e. The second-order valence-corrected chi connectivity index (χ2v) is 12.8. The van der Waals surface area contributed by atoms with Gasteiger partial charge in [0.05, 0.1) is 17.6 Å². The van der Waals surface area contributed by atoms with Crippen LogP contribution in [0.5, 0.6) is 11.5 Å². The Bertz CT molecular complexity index is 1210. The van der Waals surface area contributed by atoms with Crippen molar-refractivity contribution in [3.8, 4) is 11.5 Å². The molecular formula is C31H42BN3O5. The van der Waals surface area contributed by atoms with Crippen LogP contribution in [-0.4, -0.2) is 49.2 Å². The van der Waals surface area contributed by atoms with Crippen LogP contribution in [0.4, 0.5) is 0 Å². The number of ether oxygens (including phenoxy) is 1. The van der Waals surface area contributed by atoms with Gasteiger partial charge in [-0.25, -0.2) is 0 Å². The van der Waals surface area contributed by atoms with Gasteiger partial charge in [0, 0.05) is 12.1 Å². The van der Waals surface area contributed by atoms with Gasteiger partial charge in [-0.2, -0.15) is 0 Å². The van der Waals surface area contributed by atoms with Crippen LogP contribution in [0, 0.1) is 23.2 Å². The van der Waals surface area contributed by atoms with Crippen LogP contribution in [-0.2, 0) is 14.1 Å². The van der Waals surface area contributed by atoms with Crippen LogP contribution in [0.25, 0.3) is 0 Å². The summed E-state index contributed by atoms with van der Waals surface area (Å²) < 4.78 is 18.9. The first-order valence-corrected chi connectivity index (χ1v) is 14.5. The first-order valence-electron chi connectivity index (χ1n) is 14.5. The SMILES string of the molecule is CC(C)C[C@H](NC(=O)[C@H](CN)NC(=O)c1ccc(Oc2ccccc2)cc1)B1O[C@@H]2C[C@@H]3C[C@@H](C3(C)C)[C@]2(C)O1. The van der Waals surface area contributed by atoms with E-state index in [2.05, 4.69) is 45.3 Å². The van der Waals surface area contributed by atoms with Crippen molar-refractivity contribution in [3.05, 3.63) is 60.2 Å². The fraction of sp³-hybridized carbons (Fsp3) is 0.548. The van der Waals surface area contributed by atoms with Gasteiger partial charge in [0.2, 0.25) is 5.91 Å². The van der Waals surface area contributed by atoms with E-state index in [1.807, 2.05) is 30.3 Å². The van der Waals surface area contributed by atoms with Gasteiger partial charge < -0.3 is 30.4 Å². The van der Waals surface area contributed by atoms with Crippen LogP contribution in [0.1, 0.15) is 64.2 Å². The molecule has 3 saturated carbocycles. The van der Waals surface area contributed by atoms with Gasteiger partial charge in [-0.15, -0.1) is 0 Å². The molecule has 2 amide bonds. The van der Waals surface area contributed by atoms with E-state index >= 15 is 0 Å². The molecule has 1 aliphatic heterocycles. The third-order valence-corrected chi connectivity index (χ3v) is 9.30. The van der Waals surface area contributed by atoms with Gasteiger partial charge in [0.15, 0.2) is 0 Å². The second kappa shape index (κ2) is 11.2. The predicted octanol–water partition coefficient (Wildman–Crippen LogP) is 4.33. The van der Waals surface area contributed by atoms with Gasteiger partial charge in [-0.1, -0.05) is 45.9 Å². The molecule has 6 rings (SSSR count). The number of amides is 2. The first-order chi connectivity index (χ1) is 19.0. The van der Waals surface area contributed by atoms with Crippen molar-refractivity contribution in [2.75, 3.05) is 6.54 Å². The van der Waals surface area contributed by atoms with Crippen molar-refractivity contribution in [3.63, 3.8) is 0 Å². The van der Waals surface area contributed by atoms with Crippen LogP contribution in [0.15, 0.2) is 54.6 Å². The number of hydrogen-bond donors (Lipinski definition) is 3. The lowest BCUT2D eigenvalue weighted by atomic mass is 9.43. The summed E-state index contributed by atoms with van der Waals surface area (Å²) in [5.41, 5.74) is 6.24. The van der Waals surface area contributed by atoms with Crippen molar-refractivity contribution in [2.45, 2.75) is 77.6 Å². The average molecular weight is 548 g/mol. The number of hydrogen-bond acceptors (Lipinski definition) is 6. The molecule has 4 fully saturated rings. The molecule has 4 N–H and O–H groups in total. The van der Waals surface area contributed by atoms with Crippen LogP contribution in [0.2, 0.25) is 0 Å². The Morgan fingerprint density at radius 1 is 1.02 bits per heavy atom. The van der Waals surface area contributed by atoms with Crippen molar-refractivity contribution in [1.29, 1.82) is 0 Å². The van der Waals surface area contributed by atoms with E-state index < -0.39 is 13.2 Å². The summed E-state index contributed by atoms with van der Waals surface area (Å²) >= 11 is 0. The summed E-state index contributed by atoms with van der Waals surface area (Å²) in [6, 6.07) is 15.3. The average Bonchev–Trinajstić information content (AvgIpc) is 3.29. The Morgan fingerprint density at radius 2 is 1.70 bits per heavy atom. The molecule has 2 aromatic rings. The molecule has 2 aromatic carbocycles. The zero-order valence-corrected chi connectivity index (χ0v) is 24.2. The van der Waals surface area contributed by atoms with Gasteiger partial charge in [0.25, 0.3) is 5.91 Å². The summed E-state index contributed by atoms with van der Waals surface area (Å²) in [5, 5.41) is 5.89. The van der Waals surface area contributed by atoms with E-state index in [1.165, 1.54) is 0 Å². The molecule has 0 spiro atoms. The lowest BCUT2D eigenvalue weighted by molar-refractivity contribution is -0.199. The Kier molecular flexibility index (Phi) is 8.01. The zero-order chi connectivity index (χ0) is 28.7. The Morgan fingerprint density at radius 3 is 2.33 bits per heavy atom. The van der Waals surface area contributed by atoms with Crippen molar-refractivity contribution >= 4 is 18.9 Å². The van der Waals surface area contributed by atoms with Gasteiger partial charge >= 0.3 is 7.12 Å². The van der Waals surface area contributed by atoms with Gasteiger partial charge in [-0.3, -0.25) is 9.59 Å². The van der Waals surface area contributed by atoms with E-state index in [-0.39, 0.29) is 41.4 Å². The minimum Gasteiger partial charge on any atom is -0.457 e. The first kappa shape index (κ1) is 28.6. The molecule has 4 aliphatic rings. The predicted molar refractivity (Wildman–Crippen MR) is 155 cm³/mol. The molecule has 6 atom stereocenters. The standard InChI is InChI=1S/C31H42BN3O5/c1-19(2)15-27(32-39-26-17-21-16-25(30(21,3)4)31(26,5)40-32)35-29(37)24(18-33)34-28(36)20-11-13-23(14-12-20)38-22-9-7-6-8-10-22/h6-14,19,21,24-27H,15-18,33H2,1-5H3,(H,34,36)(H,35,37)/t21-,24-,25-,26+,27-,31-/m0/s1. The monoisotopic (exact) mass is 547 g/mol. The van der Waals surface area contributed by atoms with Crippen LogP contribution >= 0.6 is 0 Å². The highest BCUT2D eigenvalue weighted by atomic mass is 16.7. The molecule has 0 aromatic heterocycles. The highest BCUT2D eigenvalue weighted by Gasteiger charge is 2.68. The number of para-hydroxylation sites is 1. The summed E-state index contributed by atoms with van der Waals surface area (Å²) in [7, 11) is -0.539. The van der Waals surface area contributed by atoms with Gasteiger partial charge in [-0.05, 0) is 85.8 Å². The summed E-state index contributed by atoms with van der Waals surface area (Å²) in [6.45, 7) is 11.0. The molecule has 40 heavy (non-hydrogen) atoms. The third kappa shape index (κ3) is 5.51. The molecule has 1 saturated heterocycles.